The topological polar surface area (TPSA) is 71.8 Å². The fourth-order valence-electron chi connectivity index (χ4n) is 5.36. The van der Waals surface area contributed by atoms with Gasteiger partial charge < -0.3 is 14.5 Å². The molecule has 0 bridgehead atoms. The fraction of sp³-hybridized carbons (Fsp3) is 0.161. The third kappa shape index (κ3) is 4.10. The number of Topliss-reactive ketones (excluding diaryl/α,β-unsaturated/α-hetero) is 1. The number of ether oxygens (including phenoxy) is 1. The summed E-state index contributed by atoms with van der Waals surface area (Å²) in [5, 5.41) is 3.54. The number of para-hydroxylation sites is 2. The van der Waals surface area contributed by atoms with E-state index in [9.17, 15) is 9.59 Å². The van der Waals surface area contributed by atoms with Gasteiger partial charge in [0.2, 0.25) is 0 Å². The molecule has 184 valence electrons. The molecule has 37 heavy (non-hydrogen) atoms. The Balaban J connectivity index is 1.57. The van der Waals surface area contributed by atoms with Gasteiger partial charge in [-0.2, -0.15) is 0 Å². The second-order valence-corrected chi connectivity index (χ2v) is 9.30. The summed E-state index contributed by atoms with van der Waals surface area (Å²) in [7, 11) is 1.62. The van der Waals surface area contributed by atoms with E-state index in [1.165, 1.54) is 0 Å². The molecule has 1 N–H and O–H groups in total. The van der Waals surface area contributed by atoms with Crippen LogP contribution >= 0.6 is 0 Å². The van der Waals surface area contributed by atoms with E-state index in [4.69, 9.17) is 9.15 Å². The summed E-state index contributed by atoms with van der Waals surface area (Å²) in [6.07, 6.45) is 2.55. The van der Waals surface area contributed by atoms with Gasteiger partial charge in [-0.15, -0.1) is 0 Å². The molecule has 0 unspecified atom stereocenters. The third-order valence-electron chi connectivity index (χ3n) is 7.11. The number of nitrogens with zero attached hydrogens (tertiary/aromatic N) is 1. The molecule has 4 aromatic rings. The van der Waals surface area contributed by atoms with Crippen LogP contribution in [-0.2, 0) is 4.79 Å². The molecule has 6 rings (SSSR count). The van der Waals surface area contributed by atoms with Gasteiger partial charge in [-0.25, -0.2) is 0 Å². The highest BCUT2D eigenvalue weighted by molar-refractivity contribution is 6.12. The van der Waals surface area contributed by atoms with Gasteiger partial charge in [0.25, 0.3) is 5.91 Å². The maximum atomic E-state index is 14.2. The van der Waals surface area contributed by atoms with E-state index in [-0.39, 0.29) is 17.6 Å². The molecular formula is C31H26N2O4. The Kier molecular flexibility index (Phi) is 5.85. The highest BCUT2D eigenvalue weighted by atomic mass is 16.5. The second-order valence-electron chi connectivity index (χ2n) is 9.30. The average molecular weight is 491 g/mol. The molecule has 2 heterocycles. The Morgan fingerprint density at radius 3 is 2.41 bits per heavy atom. The predicted octanol–water partition coefficient (Wildman–Crippen LogP) is 6.50. The number of fused-ring (bicyclic) bond motifs is 1. The number of carbonyl (C=O) groups is 2. The summed E-state index contributed by atoms with van der Waals surface area (Å²) in [5.41, 5.74) is 4.30. The second kappa shape index (κ2) is 9.47. The lowest BCUT2D eigenvalue weighted by Gasteiger charge is -2.35. The molecule has 3 aromatic carbocycles. The highest BCUT2D eigenvalue weighted by Crippen LogP contribution is 2.48. The van der Waals surface area contributed by atoms with Gasteiger partial charge in [0.1, 0.15) is 11.5 Å². The van der Waals surface area contributed by atoms with Crippen LogP contribution in [0.3, 0.4) is 0 Å². The molecule has 0 radical (unpaired) electrons. The smallest absolute Gasteiger partial charge is 0.259 e. The van der Waals surface area contributed by atoms with Crippen molar-refractivity contribution in [3.05, 3.63) is 125 Å². The van der Waals surface area contributed by atoms with Crippen LogP contribution in [0.15, 0.2) is 113 Å². The van der Waals surface area contributed by atoms with Crippen molar-refractivity contribution >= 4 is 23.1 Å². The number of methoxy groups -OCH3 is 1. The lowest BCUT2D eigenvalue weighted by molar-refractivity contribution is -0.116. The molecule has 2 atom stereocenters. The van der Waals surface area contributed by atoms with Crippen LogP contribution in [0.1, 0.15) is 46.5 Å². The number of nitrogens with one attached hydrogen (secondary N) is 1. The van der Waals surface area contributed by atoms with Crippen LogP contribution in [0.5, 0.6) is 5.75 Å². The molecule has 2 aliphatic rings. The van der Waals surface area contributed by atoms with Crippen molar-refractivity contribution in [3.8, 4) is 5.75 Å². The number of hydrogen-bond acceptors (Lipinski definition) is 5. The van der Waals surface area contributed by atoms with Gasteiger partial charge in [-0.1, -0.05) is 42.5 Å². The highest BCUT2D eigenvalue weighted by Gasteiger charge is 2.42. The molecular weight excluding hydrogens is 464 g/mol. The van der Waals surface area contributed by atoms with Crippen molar-refractivity contribution in [2.75, 3.05) is 17.3 Å². The quantitative estimate of drug-likeness (QED) is 0.353. The zero-order chi connectivity index (χ0) is 25.4. The number of furan rings is 1. The standard InChI is InChI=1S/C31H26N2O4/c1-36-23-15-13-20(14-16-23)30-29-25(18-22(19-27(29)34)28-12-7-17-37-28)32-24-10-5-6-11-26(24)33(30)31(35)21-8-3-2-4-9-21/h2-17,22,30,32H,18-19H2,1H3/t22-,30-/m0/s1. The maximum Gasteiger partial charge on any atom is 0.259 e. The van der Waals surface area contributed by atoms with Crippen LogP contribution in [0, 0.1) is 0 Å². The van der Waals surface area contributed by atoms with Gasteiger partial charge in [0, 0.05) is 29.2 Å². The molecule has 1 aliphatic carbocycles. The number of carbonyl (C=O) groups excluding carboxylic acids is 2. The van der Waals surface area contributed by atoms with E-state index in [0.29, 0.717) is 35.4 Å². The van der Waals surface area contributed by atoms with Gasteiger partial charge in [-0.3, -0.25) is 14.5 Å². The van der Waals surface area contributed by atoms with Crippen LogP contribution in [0.2, 0.25) is 0 Å². The predicted molar refractivity (Wildman–Crippen MR) is 142 cm³/mol. The van der Waals surface area contributed by atoms with Crippen LogP contribution in [0.4, 0.5) is 11.4 Å². The first kappa shape index (κ1) is 22.9. The minimum absolute atomic E-state index is 0.00497. The van der Waals surface area contributed by atoms with E-state index in [0.717, 1.165) is 22.7 Å². The monoisotopic (exact) mass is 490 g/mol. The van der Waals surface area contributed by atoms with Crippen molar-refractivity contribution in [3.63, 3.8) is 0 Å². The van der Waals surface area contributed by atoms with Crippen LogP contribution in [-0.4, -0.2) is 18.8 Å². The zero-order valence-electron chi connectivity index (χ0n) is 20.4. The fourth-order valence-corrected chi connectivity index (χ4v) is 5.36. The minimum atomic E-state index is -0.616. The molecule has 0 saturated carbocycles. The number of benzene rings is 3. The molecule has 1 amide bonds. The normalized spacial score (nSPS) is 18.9. The molecule has 0 spiro atoms. The molecule has 6 heteroatoms. The summed E-state index contributed by atoms with van der Waals surface area (Å²) in [6.45, 7) is 0. The number of rotatable bonds is 4. The van der Waals surface area contributed by atoms with Gasteiger partial charge in [0.15, 0.2) is 5.78 Å². The largest absolute Gasteiger partial charge is 0.497 e. The molecule has 0 saturated heterocycles. The molecule has 0 fully saturated rings. The Morgan fingerprint density at radius 2 is 1.68 bits per heavy atom. The number of anilines is 2. The first-order chi connectivity index (χ1) is 18.1. The van der Waals surface area contributed by atoms with E-state index in [1.807, 2.05) is 78.9 Å². The molecule has 1 aromatic heterocycles. The first-order valence-electron chi connectivity index (χ1n) is 12.3. The number of ketones is 1. The van der Waals surface area contributed by atoms with Crippen LogP contribution in [0.25, 0.3) is 0 Å². The zero-order valence-corrected chi connectivity index (χ0v) is 20.4. The van der Waals surface area contributed by atoms with E-state index >= 15 is 0 Å². The van der Waals surface area contributed by atoms with Gasteiger partial charge >= 0.3 is 0 Å². The van der Waals surface area contributed by atoms with Crippen molar-refractivity contribution in [2.24, 2.45) is 0 Å². The molecule has 1 aliphatic heterocycles. The molecule has 6 nitrogen and oxygen atoms in total. The summed E-state index contributed by atoms with van der Waals surface area (Å²) < 4.78 is 11.1. The lowest BCUT2D eigenvalue weighted by Crippen LogP contribution is -2.38. The van der Waals surface area contributed by atoms with Gasteiger partial charge in [-0.05, 0) is 60.5 Å². The number of hydrogen-bond donors (Lipinski definition) is 1. The minimum Gasteiger partial charge on any atom is -0.497 e. The summed E-state index contributed by atoms with van der Waals surface area (Å²) in [6, 6.07) is 27.6. The van der Waals surface area contributed by atoms with Crippen molar-refractivity contribution in [1.29, 1.82) is 0 Å². The Hall–Kier alpha value is -4.58. The van der Waals surface area contributed by atoms with E-state index in [2.05, 4.69) is 5.32 Å². The number of allylic oxidation sites excluding steroid dienone is 1. The van der Waals surface area contributed by atoms with E-state index < -0.39 is 6.04 Å². The Morgan fingerprint density at radius 1 is 0.919 bits per heavy atom. The summed E-state index contributed by atoms with van der Waals surface area (Å²) in [5.74, 6) is 1.24. The van der Waals surface area contributed by atoms with Crippen molar-refractivity contribution < 1.29 is 18.7 Å². The first-order valence-corrected chi connectivity index (χ1v) is 12.3. The van der Waals surface area contributed by atoms with Crippen molar-refractivity contribution in [1.82, 2.24) is 0 Å². The van der Waals surface area contributed by atoms with Gasteiger partial charge in [0.05, 0.1) is 30.8 Å². The average Bonchev–Trinajstić information content (AvgIpc) is 3.43. The summed E-state index contributed by atoms with van der Waals surface area (Å²) in [4.78, 5) is 29.9. The Labute approximate surface area is 215 Å². The maximum absolute atomic E-state index is 14.2. The van der Waals surface area contributed by atoms with Crippen molar-refractivity contribution in [2.45, 2.75) is 24.8 Å². The van der Waals surface area contributed by atoms with Crippen LogP contribution < -0.4 is 15.0 Å². The SMILES string of the molecule is COc1ccc([C@H]2C3=C(C[C@H](c4ccco4)CC3=O)Nc3ccccc3N2C(=O)c2ccccc2)cc1. The number of amides is 1. The Bertz CT molecular complexity index is 1470. The summed E-state index contributed by atoms with van der Waals surface area (Å²) >= 11 is 0. The lowest BCUT2D eigenvalue weighted by atomic mass is 9.80. The third-order valence-corrected chi connectivity index (χ3v) is 7.11. The van der Waals surface area contributed by atoms with E-state index in [1.54, 1.807) is 30.4 Å².